The Balaban J connectivity index is 1.97. The number of carbonyl (C=O) groups is 1. The number of amides is 1. The molecule has 0 aliphatic heterocycles. The SMILES string of the molecule is CC(C)NC(=O)c1ccc(NCc2ccccc2F)cc1. The Morgan fingerprint density at radius 3 is 2.38 bits per heavy atom. The molecule has 0 radical (unpaired) electrons. The number of anilines is 1. The van der Waals surface area contributed by atoms with Gasteiger partial charge in [-0.05, 0) is 44.2 Å². The van der Waals surface area contributed by atoms with E-state index in [0.29, 0.717) is 17.7 Å². The van der Waals surface area contributed by atoms with Gasteiger partial charge in [-0.2, -0.15) is 0 Å². The summed E-state index contributed by atoms with van der Waals surface area (Å²) in [5.41, 5.74) is 2.07. The Bertz CT molecular complexity index is 608. The molecule has 2 N–H and O–H groups in total. The van der Waals surface area contributed by atoms with Crippen molar-refractivity contribution in [2.45, 2.75) is 26.4 Å². The van der Waals surface area contributed by atoms with Crippen molar-refractivity contribution in [3.8, 4) is 0 Å². The molecule has 0 unspecified atom stereocenters. The molecule has 0 atom stereocenters. The lowest BCUT2D eigenvalue weighted by molar-refractivity contribution is 0.0943. The van der Waals surface area contributed by atoms with Crippen molar-refractivity contribution >= 4 is 11.6 Å². The largest absolute Gasteiger partial charge is 0.381 e. The second-order valence-electron chi connectivity index (χ2n) is 5.15. The predicted molar refractivity (Wildman–Crippen MR) is 82.8 cm³/mol. The van der Waals surface area contributed by atoms with Gasteiger partial charge in [-0.25, -0.2) is 4.39 Å². The van der Waals surface area contributed by atoms with E-state index in [-0.39, 0.29) is 17.8 Å². The molecule has 0 saturated heterocycles. The van der Waals surface area contributed by atoms with Crippen LogP contribution in [0.1, 0.15) is 29.8 Å². The number of halogens is 1. The van der Waals surface area contributed by atoms with Crippen molar-refractivity contribution in [3.05, 3.63) is 65.5 Å². The first-order valence-electron chi connectivity index (χ1n) is 6.94. The van der Waals surface area contributed by atoms with E-state index in [1.807, 2.05) is 26.0 Å². The molecule has 3 nitrogen and oxygen atoms in total. The smallest absolute Gasteiger partial charge is 0.251 e. The number of carbonyl (C=O) groups excluding carboxylic acids is 1. The lowest BCUT2D eigenvalue weighted by Gasteiger charge is -2.10. The minimum Gasteiger partial charge on any atom is -0.381 e. The van der Waals surface area contributed by atoms with Crippen LogP contribution in [-0.4, -0.2) is 11.9 Å². The zero-order valence-electron chi connectivity index (χ0n) is 12.2. The van der Waals surface area contributed by atoms with Gasteiger partial charge >= 0.3 is 0 Å². The summed E-state index contributed by atoms with van der Waals surface area (Å²) >= 11 is 0. The Hall–Kier alpha value is -2.36. The first kappa shape index (κ1) is 15.0. The van der Waals surface area contributed by atoms with Crippen LogP contribution in [0, 0.1) is 5.82 Å². The van der Waals surface area contributed by atoms with E-state index in [9.17, 15) is 9.18 Å². The van der Waals surface area contributed by atoms with Gasteiger partial charge in [0.15, 0.2) is 0 Å². The Labute approximate surface area is 124 Å². The first-order chi connectivity index (χ1) is 10.1. The average Bonchev–Trinajstić information content (AvgIpc) is 2.46. The van der Waals surface area contributed by atoms with Gasteiger partial charge in [0, 0.05) is 29.4 Å². The Morgan fingerprint density at radius 2 is 1.76 bits per heavy atom. The fraction of sp³-hybridized carbons (Fsp3) is 0.235. The summed E-state index contributed by atoms with van der Waals surface area (Å²) in [7, 11) is 0. The van der Waals surface area contributed by atoms with Gasteiger partial charge in [-0.15, -0.1) is 0 Å². The molecule has 0 bridgehead atoms. The zero-order valence-corrected chi connectivity index (χ0v) is 12.2. The fourth-order valence-corrected chi connectivity index (χ4v) is 1.92. The third-order valence-corrected chi connectivity index (χ3v) is 3.01. The van der Waals surface area contributed by atoms with Crippen LogP contribution in [0.3, 0.4) is 0 Å². The standard InChI is InChI=1S/C17H19FN2O/c1-12(2)20-17(21)13-7-9-15(10-8-13)19-11-14-5-3-4-6-16(14)18/h3-10,12,19H,11H2,1-2H3,(H,20,21). The second kappa shape index (κ2) is 6.88. The Morgan fingerprint density at radius 1 is 1.10 bits per heavy atom. The van der Waals surface area contributed by atoms with E-state index >= 15 is 0 Å². The van der Waals surface area contributed by atoms with E-state index in [4.69, 9.17) is 0 Å². The normalized spacial score (nSPS) is 10.5. The number of hydrogen-bond donors (Lipinski definition) is 2. The molecular weight excluding hydrogens is 267 g/mol. The molecule has 0 spiro atoms. The molecule has 2 aromatic carbocycles. The van der Waals surface area contributed by atoms with Crippen LogP contribution in [-0.2, 0) is 6.54 Å². The van der Waals surface area contributed by atoms with Gasteiger partial charge in [-0.3, -0.25) is 4.79 Å². The van der Waals surface area contributed by atoms with Crippen LogP contribution in [0.5, 0.6) is 0 Å². The Kier molecular flexibility index (Phi) is 4.93. The van der Waals surface area contributed by atoms with Gasteiger partial charge < -0.3 is 10.6 Å². The zero-order chi connectivity index (χ0) is 15.2. The van der Waals surface area contributed by atoms with Crippen molar-refractivity contribution < 1.29 is 9.18 Å². The van der Waals surface area contributed by atoms with Crippen LogP contribution < -0.4 is 10.6 Å². The van der Waals surface area contributed by atoms with Crippen molar-refractivity contribution in [2.75, 3.05) is 5.32 Å². The topological polar surface area (TPSA) is 41.1 Å². The van der Waals surface area contributed by atoms with Crippen molar-refractivity contribution in [1.82, 2.24) is 5.32 Å². The molecule has 0 fully saturated rings. The van der Waals surface area contributed by atoms with Crippen molar-refractivity contribution in [3.63, 3.8) is 0 Å². The van der Waals surface area contributed by atoms with E-state index < -0.39 is 0 Å². The maximum Gasteiger partial charge on any atom is 0.251 e. The minimum atomic E-state index is -0.224. The summed E-state index contributed by atoms with van der Waals surface area (Å²) < 4.78 is 13.5. The maximum absolute atomic E-state index is 13.5. The number of hydrogen-bond acceptors (Lipinski definition) is 2. The monoisotopic (exact) mass is 286 g/mol. The molecule has 4 heteroatoms. The lowest BCUT2D eigenvalue weighted by atomic mass is 10.1. The highest BCUT2D eigenvalue weighted by Gasteiger charge is 2.06. The second-order valence-corrected chi connectivity index (χ2v) is 5.15. The van der Waals surface area contributed by atoms with Crippen LogP contribution in [0.15, 0.2) is 48.5 Å². The average molecular weight is 286 g/mol. The number of rotatable bonds is 5. The predicted octanol–water partition coefficient (Wildman–Crippen LogP) is 3.58. The summed E-state index contributed by atoms with van der Waals surface area (Å²) in [5, 5.41) is 5.97. The fourth-order valence-electron chi connectivity index (χ4n) is 1.92. The molecular formula is C17H19FN2O. The molecule has 0 aliphatic rings. The summed E-state index contributed by atoms with van der Waals surface area (Å²) in [6.07, 6.45) is 0. The first-order valence-corrected chi connectivity index (χ1v) is 6.94. The highest BCUT2D eigenvalue weighted by atomic mass is 19.1. The number of nitrogens with one attached hydrogen (secondary N) is 2. The molecule has 0 saturated carbocycles. The molecule has 2 rings (SSSR count). The summed E-state index contributed by atoms with van der Waals surface area (Å²) in [4.78, 5) is 11.8. The number of benzene rings is 2. The van der Waals surface area contributed by atoms with Gasteiger partial charge in [-0.1, -0.05) is 18.2 Å². The molecule has 1 amide bonds. The van der Waals surface area contributed by atoms with Crippen LogP contribution in [0.2, 0.25) is 0 Å². The van der Waals surface area contributed by atoms with Gasteiger partial charge in [0.05, 0.1) is 0 Å². The highest BCUT2D eigenvalue weighted by molar-refractivity contribution is 5.94. The van der Waals surface area contributed by atoms with Crippen molar-refractivity contribution in [1.29, 1.82) is 0 Å². The third-order valence-electron chi connectivity index (χ3n) is 3.01. The third kappa shape index (κ3) is 4.31. The molecule has 0 heterocycles. The molecule has 2 aromatic rings. The molecule has 0 aliphatic carbocycles. The van der Waals surface area contributed by atoms with Crippen LogP contribution in [0.4, 0.5) is 10.1 Å². The van der Waals surface area contributed by atoms with Crippen LogP contribution in [0.25, 0.3) is 0 Å². The van der Waals surface area contributed by atoms with Gasteiger partial charge in [0.1, 0.15) is 5.82 Å². The lowest BCUT2D eigenvalue weighted by Crippen LogP contribution is -2.29. The van der Waals surface area contributed by atoms with E-state index in [2.05, 4.69) is 10.6 Å². The van der Waals surface area contributed by atoms with E-state index in [0.717, 1.165) is 5.69 Å². The molecule has 21 heavy (non-hydrogen) atoms. The summed E-state index contributed by atoms with van der Waals surface area (Å²) in [5.74, 6) is -0.316. The molecule has 110 valence electrons. The van der Waals surface area contributed by atoms with E-state index in [1.54, 1.807) is 30.3 Å². The maximum atomic E-state index is 13.5. The minimum absolute atomic E-state index is 0.0920. The highest BCUT2D eigenvalue weighted by Crippen LogP contribution is 2.13. The quantitative estimate of drug-likeness (QED) is 0.882. The summed E-state index contributed by atoms with van der Waals surface area (Å²) in [6.45, 7) is 4.24. The van der Waals surface area contributed by atoms with Gasteiger partial charge in [0.2, 0.25) is 0 Å². The van der Waals surface area contributed by atoms with Gasteiger partial charge in [0.25, 0.3) is 5.91 Å². The molecule has 0 aromatic heterocycles. The van der Waals surface area contributed by atoms with Crippen molar-refractivity contribution in [2.24, 2.45) is 0 Å². The van der Waals surface area contributed by atoms with E-state index in [1.165, 1.54) is 6.07 Å². The summed E-state index contributed by atoms with van der Waals surface area (Å²) in [6, 6.07) is 13.9. The van der Waals surface area contributed by atoms with Crippen LogP contribution >= 0.6 is 0 Å².